The van der Waals surface area contributed by atoms with E-state index >= 15 is 0 Å². The van der Waals surface area contributed by atoms with Crippen LogP contribution in [0.5, 0.6) is 0 Å². The number of halogens is 3. The summed E-state index contributed by atoms with van der Waals surface area (Å²) in [6.45, 7) is 0.350. The summed E-state index contributed by atoms with van der Waals surface area (Å²) in [7, 11) is 0. The molecule has 0 spiro atoms. The third-order valence-electron chi connectivity index (χ3n) is 1.91. The summed E-state index contributed by atoms with van der Waals surface area (Å²) in [5.74, 6) is 0. The SMILES string of the molecule is FC(F)(F)c1cccc2c1NCN2. The number of anilines is 2. The number of fused-ring (bicyclic) bond motifs is 1. The Morgan fingerprint density at radius 1 is 1.15 bits per heavy atom. The Kier molecular flexibility index (Phi) is 1.61. The Labute approximate surface area is 72.8 Å². The molecule has 1 aromatic rings. The third kappa shape index (κ3) is 1.30. The van der Waals surface area contributed by atoms with Crippen molar-refractivity contribution >= 4 is 11.4 Å². The molecule has 5 heteroatoms. The van der Waals surface area contributed by atoms with E-state index in [9.17, 15) is 13.2 Å². The highest BCUT2D eigenvalue weighted by molar-refractivity contribution is 5.77. The van der Waals surface area contributed by atoms with Crippen LogP contribution in [0.15, 0.2) is 18.2 Å². The summed E-state index contributed by atoms with van der Waals surface area (Å²) >= 11 is 0. The first-order valence-corrected chi connectivity index (χ1v) is 3.77. The summed E-state index contributed by atoms with van der Waals surface area (Å²) in [5.41, 5.74) is 0.0415. The van der Waals surface area contributed by atoms with E-state index in [2.05, 4.69) is 10.6 Å². The number of hydrogen-bond donors (Lipinski definition) is 2. The topological polar surface area (TPSA) is 24.1 Å². The Bertz CT molecular complexity index is 333. The molecule has 13 heavy (non-hydrogen) atoms. The van der Waals surface area contributed by atoms with Gasteiger partial charge in [-0.2, -0.15) is 13.2 Å². The van der Waals surface area contributed by atoms with Crippen molar-refractivity contribution < 1.29 is 13.2 Å². The van der Waals surface area contributed by atoms with E-state index in [1.807, 2.05) is 0 Å². The van der Waals surface area contributed by atoms with Crippen LogP contribution in [0, 0.1) is 0 Å². The van der Waals surface area contributed by atoms with Crippen LogP contribution in [-0.4, -0.2) is 6.67 Å². The maximum Gasteiger partial charge on any atom is 0.418 e. The molecule has 70 valence electrons. The molecule has 0 unspecified atom stereocenters. The minimum absolute atomic E-state index is 0.148. The maximum absolute atomic E-state index is 12.4. The lowest BCUT2D eigenvalue weighted by atomic mass is 10.1. The molecular weight excluding hydrogens is 181 g/mol. The first-order chi connectivity index (χ1) is 6.09. The molecule has 0 bridgehead atoms. The summed E-state index contributed by atoms with van der Waals surface area (Å²) in [6, 6.07) is 4.07. The standard InChI is InChI=1S/C8H7F3N2/c9-8(10,11)5-2-1-3-6-7(5)13-4-12-6/h1-3,12-13H,4H2. The van der Waals surface area contributed by atoms with Crippen LogP contribution in [0.2, 0.25) is 0 Å². The second-order valence-electron chi connectivity index (χ2n) is 2.76. The quantitative estimate of drug-likeness (QED) is 0.653. The van der Waals surface area contributed by atoms with Crippen molar-refractivity contribution in [3.05, 3.63) is 23.8 Å². The predicted molar refractivity (Wildman–Crippen MR) is 43.6 cm³/mol. The number of benzene rings is 1. The van der Waals surface area contributed by atoms with Gasteiger partial charge < -0.3 is 10.6 Å². The van der Waals surface area contributed by atoms with E-state index < -0.39 is 11.7 Å². The second-order valence-corrected chi connectivity index (χ2v) is 2.76. The highest BCUT2D eigenvalue weighted by atomic mass is 19.4. The molecule has 0 saturated heterocycles. The summed E-state index contributed by atoms with van der Waals surface area (Å²) in [6.07, 6.45) is -4.29. The Hall–Kier alpha value is -1.39. The zero-order chi connectivity index (χ0) is 9.47. The lowest BCUT2D eigenvalue weighted by Gasteiger charge is -2.10. The van der Waals surface area contributed by atoms with Crippen molar-refractivity contribution in [1.82, 2.24) is 0 Å². The van der Waals surface area contributed by atoms with E-state index in [4.69, 9.17) is 0 Å². The van der Waals surface area contributed by atoms with E-state index in [1.165, 1.54) is 6.07 Å². The maximum atomic E-state index is 12.4. The first kappa shape index (κ1) is 8.22. The highest BCUT2D eigenvalue weighted by Gasteiger charge is 2.35. The first-order valence-electron chi connectivity index (χ1n) is 3.77. The third-order valence-corrected chi connectivity index (χ3v) is 1.91. The van der Waals surface area contributed by atoms with Gasteiger partial charge in [0.2, 0.25) is 0 Å². The number of alkyl halides is 3. The van der Waals surface area contributed by atoms with Crippen molar-refractivity contribution in [3.8, 4) is 0 Å². The van der Waals surface area contributed by atoms with Crippen molar-refractivity contribution in [2.45, 2.75) is 6.18 Å². The van der Waals surface area contributed by atoms with Gasteiger partial charge in [0.1, 0.15) is 0 Å². The molecule has 0 saturated carbocycles. The van der Waals surface area contributed by atoms with Gasteiger partial charge in [-0.15, -0.1) is 0 Å². The van der Waals surface area contributed by atoms with Crippen molar-refractivity contribution in [1.29, 1.82) is 0 Å². The van der Waals surface area contributed by atoms with E-state index in [0.29, 0.717) is 12.4 Å². The van der Waals surface area contributed by atoms with E-state index in [-0.39, 0.29) is 5.69 Å². The van der Waals surface area contributed by atoms with Gasteiger partial charge in [0.05, 0.1) is 23.6 Å². The molecule has 0 amide bonds. The van der Waals surface area contributed by atoms with Crippen molar-refractivity contribution in [2.24, 2.45) is 0 Å². The van der Waals surface area contributed by atoms with Gasteiger partial charge >= 0.3 is 6.18 Å². The highest BCUT2D eigenvalue weighted by Crippen LogP contribution is 2.40. The fraction of sp³-hybridized carbons (Fsp3) is 0.250. The zero-order valence-electron chi connectivity index (χ0n) is 6.57. The Morgan fingerprint density at radius 3 is 2.62 bits per heavy atom. The molecule has 0 fully saturated rings. The molecule has 2 nitrogen and oxygen atoms in total. The molecule has 1 aliphatic rings. The molecule has 0 radical (unpaired) electrons. The van der Waals surface area contributed by atoms with Crippen LogP contribution in [0.3, 0.4) is 0 Å². The van der Waals surface area contributed by atoms with Gasteiger partial charge in [-0.1, -0.05) is 6.07 Å². The molecule has 2 N–H and O–H groups in total. The normalized spacial score (nSPS) is 14.7. The summed E-state index contributed by atoms with van der Waals surface area (Å²) in [5, 5.41) is 5.45. The van der Waals surface area contributed by atoms with E-state index in [1.54, 1.807) is 6.07 Å². The van der Waals surface area contributed by atoms with E-state index in [0.717, 1.165) is 6.07 Å². The minimum Gasteiger partial charge on any atom is -0.366 e. The monoisotopic (exact) mass is 188 g/mol. The second kappa shape index (κ2) is 2.55. The molecule has 0 aromatic heterocycles. The van der Waals surface area contributed by atoms with Gasteiger partial charge in [-0.3, -0.25) is 0 Å². The summed E-state index contributed by atoms with van der Waals surface area (Å²) < 4.78 is 37.1. The number of para-hydroxylation sites is 1. The molecule has 2 rings (SSSR count). The van der Waals surface area contributed by atoms with Crippen LogP contribution >= 0.6 is 0 Å². The molecule has 1 aromatic carbocycles. The number of rotatable bonds is 0. The fourth-order valence-corrected chi connectivity index (χ4v) is 1.35. The van der Waals surface area contributed by atoms with Gasteiger partial charge in [-0.25, -0.2) is 0 Å². The predicted octanol–water partition coefficient (Wildman–Crippen LogP) is 2.50. The lowest BCUT2D eigenvalue weighted by Crippen LogP contribution is -2.08. The fourth-order valence-electron chi connectivity index (χ4n) is 1.35. The number of nitrogens with one attached hydrogen (secondary N) is 2. The molecule has 0 aliphatic carbocycles. The van der Waals surface area contributed by atoms with Crippen LogP contribution in [0.4, 0.5) is 24.5 Å². The van der Waals surface area contributed by atoms with Gasteiger partial charge in [0.25, 0.3) is 0 Å². The average molecular weight is 188 g/mol. The van der Waals surface area contributed by atoms with Crippen LogP contribution < -0.4 is 10.6 Å². The van der Waals surface area contributed by atoms with Crippen LogP contribution in [0.1, 0.15) is 5.56 Å². The minimum atomic E-state index is -4.29. The summed E-state index contributed by atoms with van der Waals surface area (Å²) in [4.78, 5) is 0. The number of hydrogen-bond acceptors (Lipinski definition) is 2. The van der Waals surface area contributed by atoms with Gasteiger partial charge in [0, 0.05) is 0 Å². The average Bonchev–Trinajstić information content (AvgIpc) is 2.48. The lowest BCUT2D eigenvalue weighted by molar-refractivity contribution is -0.136. The molecule has 0 atom stereocenters. The molecular formula is C8H7F3N2. The van der Waals surface area contributed by atoms with Crippen molar-refractivity contribution in [3.63, 3.8) is 0 Å². The van der Waals surface area contributed by atoms with Crippen LogP contribution in [0.25, 0.3) is 0 Å². The van der Waals surface area contributed by atoms with Crippen molar-refractivity contribution in [2.75, 3.05) is 17.3 Å². The molecule has 1 aliphatic heterocycles. The van der Waals surface area contributed by atoms with Gasteiger partial charge in [0.15, 0.2) is 0 Å². The van der Waals surface area contributed by atoms with Crippen LogP contribution in [-0.2, 0) is 6.18 Å². The van der Waals surface area contributed by atoms with Gasteiger partial charge in [-0.05, 0) is 12.1 Å². The Morgan fingerprint density at radius 2 is 1.92 bits per heavy atom. The zero-order valence-corrected chi connectivity index (χ0v) is 6.57. The smallest absolute Gasteiger partial charge is 0.366 e. The Balaban J connectivity index is 2.54. The molecule has 1 heterocycles. The largest absolute Gasteiger partial charge is 0.418 e.